The van der Waals surface area contributed by atoms with Crippen LogP contribution in [-0.2, 0) is 11.3 Å². The van der Waals surface area contributed by atoms with Gasteiger partial charge in [0.25, 0.3) is 0 Å². The molecule has 1 aliphatic heterocycles. The first-order chi connectivity index (χ1) is 11.5. The van der Waals surface area contributed by atoms with Crippen LogP contribution >= 0.6 is 24.0 Å². The van der Waals surface area contributed by atoms with Gasteiger partial charge in [-0.25, -0.2) is 0 Å². The summed E-state index contributed by atoms with van der Waals surface area (Å²) < 4.78 is 11.4. The summed E-state index contributed by atoms with van der Waals surface area (Å²) in [5.41, 5.74) is 2.56. The van der Waals surface area contributed by atoms with Gasteiger partial charge in [-0.15, -0.1) is 24.0 Å². The van der Waals surface area contributed by atoms with Crippen molar-refractivity contribution in [2.75, 3.05) is 26.8 Å². The fourth-order valence-electron chi connectivity index (χ4n) is 2.47. The maximum absolute atomic E-state index is 6.07. The quantitative estimate of drug-likeness (QED) is 0.371. The first kappa shape index (κ1) is 22.0. The Bertz CT molecular complexity index is 574. The largest absolute Gasteiger partial charge is 0.490 e. The lowest BCUT2D eigenvalue weighted by Crippen LogP contribution is -2.50. The molecular weight excluding hydrogens is 429 g/mol. The zero-order chi connectivity index (χ0) is 17.6. The summed E-state index contributed by atoms with van der Waals surface area (Å²) in [4.78, 5) is 4.30. The van der Waals surface area contributed by atoms with Crippen molar-refractivity contribution in [3.05, 3.63) is 29.3 Å². The van der Waals surface area contributed by atoms with Crippen molar-refractivity contribution in [2.24, 2.45) is 10.4 Å². The van der Waals surface area contributed by atoms with Crippen molar-refractivity contribution in [1.82, 2.24) is 10.6 Å². The van der Waals surface area contributed by atoms with Crippen LogP contribution in [0.4, 0.5) is 0 Å². The van der Waals surface area contributed by atoms with E-state index in [0.717, 1.165) is 43.5 Å². The predicted octanol–water partition coefficient (Wildman–Crippen LogP) is 3.49. The highest BCUT2D eigenvalue weighted by Crippen LogP contribution is 2.25. The molecule has 1 aliphatic rings. The molecule has 1 aromatic carbocycles. The molecule has 0 saturated carbocycles. The van der Waals surface area contributed by atoms with E-state index in [1.54, 1.807) is 7.05 Å². The first-order valence-electron chi connectivity index (χ1n) is 8.74. The second kappa shape index (κ2) is 10.2. The average Bonchev–Trinajstić information content (AvgIpc) is 2.54. The Morgan fingerprint density at radius 3 is 2.64 bits per heavy atom. The zero-order valence-electron chi connectivity index (χ0n) is 16.0. The van der Waals surface area contributed by atoms with Crippen LogP contribution < -0.4 is 15.4 Å². The van der Waals surface area contributed by atoms with Crippen LogP contribution in [0.2, 0.25) is 0 Å². The van der Waals surface area contributed by atoms with Crippen molar-refractivity contribution in [1.29, 1.82) is 0 Å². The van der Waals surface area contributed by atoms with Gasteiger partial charge in [0.2, 0.25) is 0 Å². The molecule has 0 aromatic heterocycles. The Morgan fingerprint density at radius 1 is 1.36 bits per heavy atom. The van der Waals surface area contributed by atoms with Crippen LogP contribution in [0.3, 0.4) is 0 Å². The van der Waals surface area contributed by atoms with Gasteiger partial charge in [0.05, 0.1) is 19.3 Å². The van der Waals surface area contributed by atoms with E-state index in [1.165, 1.54) is 5.56 Å². The Labute approximate surface area is 169 Å². The van der Waals surface area contributed by atoms with Crippen LogP contribution in [-0.4, -0.2) is 38.9 Å². The number of rotatable bonds is 7. The Morgan fingerprint density at radius 2 is 2.08 bits per heavy atom. The van der Waals surface area contributed by atoms with Gasteiger partial charge in [-0.2, -0.15) is 0 Å². The monoisotopic (exact) mass is 461 g/mol. The molecule has 142 valence electrons. The molecule has 0 spiro atoms. The molecule has 1 aromatic rings. The minimum atomic E-state index is 0. The molecule has 5 nitrogen and oxygen atoms in total. The number of hydrogen-bond acceptors (Lipinski definition) is 3. The molecular formula is C19H32IN3O2. The minimum absolute atomic E-state index is 0. The van der Waals surface area contributed by atoms with Crippen molar-refractivity contribution in [2.45, 2.75) is 46.8 Å². The summed E-state index contributed by atoms with van der Waals surface area (Å²) in [7, 11) is 1.79. The third kappa shape index (κ3) is 6.66. The number of hydrogen-bond donors (Lipinski definition) is 2. The van der Waals surface area contributed by atoms with E-state index < -0.39 is 0 Å². The van der Waals surface area contributed by atoms with Crippen LogP contribution in [0.5, 0.6) is 5.75 Å². The van der Waals surface area contributed by atoms with Crippen LogP contribution in [0.25, 0.3) is 0 Å². The Hall–Kier alpha value is -1.02. The second-order valence-electron chi connectivity index (χ2n) is 7.03. The smallest absolute Gasteiger partial charge is 0.191 e. The average molecular weight is 461 g/mol. The Balaban J connectivity index is 0.00000312. The molecule has 0 aliphatic carbocycles. The van der Waals surface area contributed by atoms with Gasteiger partial charge in [-0.3, -0.25) is 4.99 Å². The van der Waals surface area contributed by atoms with Crippen molar-refractivity contribution in [3.8, 4) is 5.75 Å². The molecule has 1 saturated heterocycles. The van der Waals surface area contributed by atoms with Crippen molar-refractivity contribution in [3.63, 3.8) is 0 Å². The number of ether oxygens (including phenoxy) is 2. The molecule has 25 heavy (non-hydrogen) atoms. The molecule has 2 N–H and O–H groups in total. The minimum Gasteiger partial charge on any atom is -0.490 e. The highest BCUT2D eigenvalue weighted by molar-refractivity contribution is 14.0. The van der Waals surface area contributed by atoms with E-state index in [2.05, 4.69) is 61.5 Å². The fourth-order valence-corrected chi connectivity index (χ4v) is 2.47. The van der Waals surface area contributed by atoms with Crippen LogP contribution in [0.15, 0.2) is 23.2 Å². The maximum atomic E-state index is 6.07. The number of guanidine groups is 1. The summed E-state index contributed by atoms with van der Waals surface area (Å²) in [6.45, 7) is 11.7. The van der Waals surface area contributed by atoms with Gasteiger partial charge in [-0.1, -0.05) is 26.0 Å². The Kier molecular flexibility index (Phi) is 8.99. The summed E-state index contributed by atoms with van der Waals surface area (Å²) >= 11 is 0. The normalized spacial score (nSPS) is 17.1. The van der Waals surface area contributed by atoms with Gasteiger partial charge in [-0.05, 0) is 31.9 Å². The summed E-state index contributed by atoms with van der Waals surface area (Å²) in [5.74, 6) is 1.75. The molecule has 0 radical (unpaired) electrons. The van der Waals surface area contributed by atoms with Gasteiger partial charge < -0.3 is 20.1 Å². The van der Waals surface area contributed by atoms with Crippen molar-refractivity contribution < 1.29 is 9.47 Å². The standard InChI is InChI=1S/C19H31N3O2.HI/c1-6-15(3)24-17-9-14(2)7-8-16(17)10-21-18(20-5)22-11-19(4)12-23-13-19;/h7-9,15H,6,10-13H2,1-5H3,(H2,20,21,22);1H. The first-order valence-corrected chi connectivity index (χ1v) is 8.74. The summed E-state index contributed by atoms with van der Waals surface area (Å²) in [5, 5.41) is 6.76. The molecule has 0 amide bonds. The second-order valence-corrected chi connectivity index (χ2v) is 7.03. The van der Waals surface area contributed by atoms with E-state index in [0.29, 0.717) is 6.54 Å². The van der Waals surface area contributed by atoms with Gasteiger partial charge in [0.15, 0.2) is 5.96 Å². The lowest BCUT2D eigenvalue weighted by molar-refractivity contribution is -0.0971. The lowest BCUT2D eigenvalue weighted by Gasteiger charge is -2.38. The predicted molar refractivity (Wildman–Crippen MR) is 114 cm³/mol. The van der Waals surface area contributed by atoms with E-state index in [4.69, 9.17) is 9.47 Å². The van der Waals surface area contributed by atoms with Gasteiger partial charge in [0, 0.05) is 31.1 Å². The van der Waals surface area contributed by atoms with Gasteiger partial charge >= 0.3 is 0 Å². The maximum Gasteiger partial charge on any atom is 0.191 e. The van der Waals surface area contributed by atoms with Crippen molar-refractivity contribution >= 4 is 29.9 Å². The molecule has 1 heterocycles. The number of nitrogens with one attached hydrogen (secondary N) is 2. The third-order valence-corrected chi connectivity index (χ3v) is 4.38. The number of halogens is 1. The van der Waals surface area contributed by atoms with E-state index in [1.807, 2.05) is 0 Å². The lowest BCUT2D eigenvalue weighted by atomic mass is 9.89. The van der Waals surface area contributed by atoms with E-state index >= 15 is 0 Å². The molecule has 1 fully saturated rings. The summed E-state index contributed by atoms with van der Waals surface area (Å²) in [6, 6.07) is 6.34. The zero-order valence-corrected chi connectivity index (χ0v) is 18.3. The third-order valence-electron chi connectivity index (χ3n) is 4.38. The number of benzene rings is 1. The van der Waals surface area contributed by atoms with Crippen LogP contribution in [0, 0.1) is 12.3 Å². The molecule has 1 unspecified atom stereocenters. The molecule has 6 heteroatoms. The number of aryl methyl sites for hydroxylation is 1. The highest BCUT2D eigenvalue weighted by atomic mass is 127. The molecule has 2 rings (SSSR count). The van der Waals surface area contributed by atoms with Crippen LogP contribution in [0.1, 0.15) is 38.3 Å². The number of aliphatic imine (C=N–C) groups is 1. The SMILES string of the molecule is CCC(C)Oc1cc(C)ccc1CNC(=NC)NCC1(C)COC1.I. The highest BCUT2D eigenvalue weighted by Gasteiger charge is 2.33. The molecule has 0 bridgehead atoms. The van der Waals surface area contributed by atoms with E-state index in [-0.39, 0.29) is 35.5 Å². The summed E-state index contributed by atoms with van der Waals surface area (Å²) in [6.07, 6.45) is 1.20. The van der Waals surface area contributed by atoms with Gasteiger partial charge in [0.1, 0.15) is 5.75 Å². The van der Waals surface area contributed by atoms with E-state index in [9.17, 15) is 0 Å². The topological polar surface area (TPSA) is 54.9 Å². The molecule has 1 atom stereocenters. The fraction of sp³-hybridized carbons (Fsp3) is 0.632. The number of nitrogens with zero attached hydrogens (tertiary/aromatic N) is 1.